The van der Waals surface area contributed by atoms with Crippen molar-refractivity contribution in [3.05, 3.63) is 46.0 Å². The molecular weight excluding hydrogens is 366 g/mol. The monoisotopic (exact) mass is 387 g/mol. The Labute approximate surface area is 161 Å². The number of nitrogens with one attached hydrogen (secondary N) is 1. The van der Waals surface area contributed by atoms with Gasteiger partial charge in [0.25, 0.3) is 5.91 Å². The third-order valence-corrected chi connectivity index (χ3v) is 4.92. The lowest BCUT2D eigenvalue weighted by molar-refractivity contribution is -0.115. The normalized spacial score (nSPS) is 14.8. The van der Waals surface area contributed by atoms with E-state index in [1.54, 1.807) is 0 Å². The van der Waals surface area contributed by atoms with Crippen LogP contribution in [0.3, 0.4) is 0 Å². The van der Waals surface area contributed by atoms with Gasteiger partial charge in [0.05, 0.1) is 16.3 Å². The van der Waals surface area contributed by atoms with Crippen LogP contribution >= 0.6 is 11.5 Å². The van der Waals surface area contributed by atoms with Gasteiger partial charge in [0, 0.05) is 17.2 Å². The summed E-state index contributed by atoms with van der Waals surface area (Å²) in [5.41, 5.74) is 3.19. The van der Waals surface area contributed by atoms with Crippen molar-refractivity contribution in [3.8, 4) is 0 Å². The van der Waals surface area contributed by atoms with E-state index in [2.05, 4.69) is 25.2 Å². The number of hydrogen-bond acceptors (Lipinski definition) is 8. The second-order valence-corrected chi connectivity index (χ2v) is 6.92. The maximum atomic E-state index is 12.5. The number of amides is 1. The van der Waals surface area contributed by atoms with E-state index in [0.29, 0.717) is 11.3 Å². The van der Waals surface area contributed by atoms with Gasteiger partial charge in [0.15, 0.2) is 5.71 Å². The van der Waals surface area contributed by atoms with E-state index in [1.807, 2.05) is 38.1 Å². The van der Waals surface area contributed by atoms with Gasteiger partial charge in [-0.15, -0.1) is 5.10 Å². The molecule has 2 aromatic rings. The van der Waals surface area contributed by atoms with Gasteiger partial charge < -0.3 is 15.0 Å². The van der Waals surface area contributed by atoms with Crippen LogP contribution in [0.5, 0.6) is 0 Å². The Morgan fingerprint density at radius 3 is 2.78 bits per heavy atom. The van der Waals surface area contributed by atoms with E-state index in [1.165, 1.54) is 18.6 Å². The fourth-order valence-electron chi connectivity index (χ4n) is 2.46. The molecule has 1 fully saturated rings. The highest BCUT2D eigenvalue weighted by atomic mass is 32.1. The molecule has 1 saturated carbocycles. The summed E-state index contributed by atoms with van der Waals surface area (Å²) >= 11 is 1.27. The molecule has 0 bridgehead atoms. The molecule has 1 amide bonds. The first-order chi connectivity index (χ1) is 13.1. The largest absolute Gasteiger partial charge is 0.398 e. The molecule has 27 heavy (non-hydrogen) atoms. The van der Waals surface area contributed by atoms with E-state index in [-0.39, 0.29) is 24.3 Å². The first-order valence-corrected chi connectivity index (χ1v) is 9.33. The SMILES string of the molecule is CO/N=C(\C(=O)NC1CC1)c1ccccc1CO/N=C(/C)c1snnc1C. The van der Waals surface area contributed by atoms with Crippen LogP contribution in [0.1, 0.15) is 41.5 Å². The van der Waals surface area contributed by atoms with E-state index in [9.17, 15) is 4.79 Å². The zero-order chi connectivity index (χ0) is 19.2. The number of aromatic nitrogens is 2. The van der Waals surface area contributed by atoms with Crippen molar-refractivity contribution in [2.75, 3.05) is 7.11 Å². The number of nitrogens with zero attached hydrogens (tertiary/aromatic N) is 4. The molecule has 0 aliphatic heterocycles. The van der Waals surface area contributed by atoms with Crippen molar-refractivity contribution < 1.29 is 14.5 Å². The second kappa shape index (κ2) is 8.72. The van der Waals surface area contributed by atoms with Crippen LogP contribution in [0.2, 0.25) is 0 Å². The quantitative estimate of drug-likeness (QED) is 0.554. The Bertz CT molecular complexity index is 873. The number of hydrogen-bond donors (Lipinski definition) is 1. The van der Waals surface area contributed by atoms with Gasteiger partial charge >= 0.3 is 0 Å². The Hall–Kier alpha value is -2.81. The Kier molecular flexibility index (Phi) is 6.12. The van der Waals surface area contributed by atoms with Gasteiger partial charge in [0.1, 0.15) is 13.7 Å². The third-order valence-electron chi connectivity index (χ3n) is 3.98. The minimum Gasteiger partial charge on any atom is -0.398 e. The van der Waals surface area contributed by atoms with Crippen molar-refractivity contribution in [2.45, 2.75) is 39.3 Å². The molecule has 3 rings (SSSR count). The van der Waals surface area contributed by atoms with Crippen LogP contribution in [0.15, 0.2) is 34.6 Å². The van der Waals surface area contributed by atoms with Crippen LogP contribution in [0.25, 0.3) is 0 Å². The van der Waals surface area contributed by atoms with Gasteiger partial charge in [-0.1, -0.05) is 39.1 Å². The molecule has 142 valence electrons. The van der Waals surface area contributed by atoms with E-state index >= 15 is 0 Å². The van der Waals surface area contributed by atoms with Gasteiger partial charge in [0.2, 0.25) is 0 Å². The summed E-state index contributed by atoms with van der Waals surface area (Å²) in [6.45, 7) is 3.91. The minimum atomic E-state index is -0.252. The van der Waals surface area contributed by atoms with Crippen LogP contribution in [-0.4, -0.2) is 40.1 Å². The standard InChI is InChI=1S/C18H21N5O3S/c1-11-17(27-23-20-11)12(2)21-26-10-13-6-4-5-7-15(13)16(22-25-3)18(24)19-14-8-9-14/h4-7,14H,8-10H2,1-3H3,(H,19,24)/b21-12-,22-16-. The average molecular weight is 387 g/mol. The van der Waals surface area contributed by atoms with Crippen LogP contribution in [0.4, 0.5) is 0 Å². The highest BCUT2D eigenvalue weighted by Crippen LogP contribution is 2.20. The van der Waals surface area contributed by atoms with Crippen molar-refractivity contribution in [3.63, 3.8) is 0 Å². The third kappa shape index (κ3) is 4.88. The minimum absolute atomic E-state index is 0.193. The van der Waals surface area contributed by atoms with Crippen molar-refractivity contribution in [1.82, 2.24) is 14.9 Å². The summed E-state index contributed by atoms with van der Waals surface area (Å²) in [6.07, 6.45) is 1.99. The summed E-state index contributed by atoms with van der Waals surface area (Å²) in [6, 6.07) is 7.63. The average Bonchev–Trinajstić information content (AvgIpc) is 3.37. The van der Waals surface area contributed by atoms with Gasteiger partial charge in [-0.2, -0.15) is 0 Å². The molecule has 0 atom stereocenters. The van der Waals surface area contributed by atoms with Crippen LogP contribution in [0, 0.1) is 6.92 Å². The molecule has 9 heteroatoms. The smallest absolute Gasteiger partial charge is 0.274 e. The lowest BCUT2D eigenvalue weighted by Gasteiger charge is -2.11. The van der Waals surface area contributed by atoms with Crippen molar-refractivity contribution >= 4 is 28.9 Å². The Balaban J connectivity index is 1.75. The Morgan fingerprint density at radius 2 is 2.11 bits per heavy atom. The number of carbonyl (C=O) groups excluding carboxylic acids is 1. The highest BCUT2D eigenvalue weighted by Gasteiger charge is 2.27. The first-order valence-electron chi connectivity index (χ1n) is 8.56. The molecule has 1 heterocycles. The summed E-state index contributed by atoms with van der Waals surface area (Å²) in [5.74, 6) is -0.252. The van der Waals surface area contributed by atoms with Crippen LogP contribution in [-0.2, 0) is 21.1 Å². The Morgan fingerprint density at radius 1 is 1.33 bits per heavy atom. The fraction of sp³-hybridized carbons (Fsp3) is 0.389. The number of carbonyl (C=O) groups is 1. The van der Waals surface area contributed by atoms with Gasteiger partial charge in [-0.05, 0) is 38.2 Å². The summed E-state index contributed by atoms with van der Waals surface area (Å²) in [7, 11) is 1.42. The summed E-state index contributed by atoms with van der Waals surface area (Å²) < 4.78 is 3.90. The number of benzene rings is 1. The fourth-order valence-corrected chi connectivity index (χ4v) is 3.05. The molecule has 8 nitrogen and oxygen atoms in total. The molecule has 1 N–H and O–H groups in total. The second-order valence-electron chi connectivity index (χ2n) is 6.16. The molecule has 1 aliphatic rings. The zero-order valence-electron chi connectivity index (χ0n) is 15.4. The molecule has 0 saturated heterocycles. The molecule has 0 spiro atoms. The summed E-state index contributed by atoms with van der Waals surface area (Å²) in [5, 5.41) is 15.0. The predicted octanol–water partition coefficient (Wildman–Crippen LogP) is 2.42. The lowest BCUT2D eigenvalue weighted by Crippen LogP contribution is -2.34. The zero-order valence-corrected chi connectivity index (χ0v) is 16.2. The maximum Gasteiger partial charge on any atom is 0.274 e. The highest BCUT2D eigenvalue weighted by molar-refractivity contribution is 7.08. The molecule has 0 unspecified atom stereocenters. The number of oxime groups is 2. The number of aryl methyl sites for hydroxylation is 1. The van der Waals surface area contributed by atoms with E-state index < -0.39 is 0 Å². The molecule has 1 aromatic carbocycles. The molecule has 0 radical (unpaired) electrons. The van der Waals surface area contributed by atoms with Crippen molar-refractivity contribution in [1.29, 1.82) is 0 Å². The van der Waals surface area contributed by atoms with Crippen molar-refractivity contribution in [2.24, 2.45) is 10.3 Å². The number of rotatable bonds is 8. The topological polar surface area (TPSA) is 98.1 Å². The molecule has 1 aliphatic carbocycles. The first kappa shape index (κ1) is 19.0. The van der Waals surface area contributed by atoms with E-state index in [0.717, 1.165) is 29.0 Å². The predicted molar refractivity (Wildman–Crippen MR) is 103 cm³/mol. The summed E-state index contributed by atoms with van der Waals surface area (Å²) in [4.78, 5) is 23.8. The van der Waals surface area contributed by atoms with Gasteiger partial charge in [-0.3, -0.25) is 4.79 Å². The lowest BCUT2D eigenvalue weighted by atomic mass is 10.0. The van der Waals surface area contributed by atoms with Gasteiger partial charge in [-0.25, -0.2) is 0 Å². The maximum absolute atomic E-state index is 12.5. The van der Waals surface area contributed by atoms with Crippen LogP contribution < -0.4 is 5.32 Å². The molecule has 1 aromatic heterocycles. The van der Waals surface area contributed by atoms with E-state index in [4.69, 9.17) is 9.68 Å². The molecular formula is C18H21N5O3S.